The van der Waals surface area contributed by atoms with Crippen LogP contribution in [0, 0.1) is 0 Å². The smallest absolute Gasteiger partial charge is 0.328 e. The molecule has 0 spiro atoms. The number of esters is 1. The van der Waals surface area contributed by atoms with Crippen molar-refractivity contribution in [1.82, 2.24) is 0 Å². The van der Waals surface area contributed by atoms with Crippen LogP contribution in [0.2, 0.25) is 0 Å². The molecule has 0 aliphatic carbocycles. The Balaban J connectivity index is 2.43. The minimum absolute atomic E-state index is 0.123. The molecular formula is C9H13NO4. The van der Waals surface area contributed by atoms with Crippen LogP contribution in [-0.2, 0) is 14.3 Å². The summed E-state index contributed by atoms with van der Waals surface area (Å²) in [4.78, 5) is 25.5. The van der Waals surface area contributed by atoms with Crippen molar-refractivity contribution in [1.29, 1.82) is 0 Å². The molecule has 5 nitrogen and oxygen atoms in total. The van der Waals surface area contributed by atoms with Crippen LogP contribution < -0.4 is 0 Å². The standard InChI is InChI=1S/C9H13NO4/c1-2-14-8(11)5-6-3-4-7(10-6)9(12)13/h7H,2-5H2,1H3,(H,12,13)/t7-/m0/s1. The molecule has 0 saturated heterocycles. The van der Waals surface area contributed by atoms with Gasteiger partial charge in [0.2, 0.25) is 0 Å². The topological polar surface area (TPSA) is 76.0 Å². The molecule has 0 aromatic heterocycles. The Morgan fingerprint density at radius 1 is 1.64 bits per heavy atom. The number of aliphatic imine (C=N–C) groups is 1. The third-order valence-electron chi connectivity index (χ3n) is 1.98. The average molecular weight is 199 g/mol. The lowest BCUT2D eigenvalue weighted by atomic mass is 10.1. The van der Waals surface area contributed by atoms with E-state index in [9.17, 15) is 9.59 Å². The molecule has 78 valence electrons. The number of hydrogen-bond acceptors (Lipinski definition) is 4. The summed E-state index contributed by atoms with van der Waals surface area (Å²) in [5, 5.41) is 8.65. The van der Waals surface area contributed by atoms with Crippen molar-refractivity contribution in [3.63, 3.8) is 0 Å². The number of ether oxygens (including phenoxy) is 1. The molecule has 1 N–H and O–H groups in total. The molecule has 14 heavy (non-hydrogen) atoms. The Morgan fingerprint density at radius 2 is 2.36 bits per heavy atom. The van der Waals surface area contributed by atoms with E-state index in [1.165, 1.54) is 0 Å². The molecule has 1 aliphatic rings. The summed E-state index contributed by atoms with van der Waals surface area (Å²) < 4.78 is 4.73. The fourth-order valence-electron chi connectivity index (χ4n) is 1.34. The van der Waals surface area contributed by atoms with Crippen LogP contribution in [0.1, 0.15) is 26.2 Å². The Labute approximate surface area is 81.8 Å². The van der Waals surface area contributed by atoms with Gasteiger partial charge in [0.15, 0.2) is 0 Å². The number of carboxylic acids is 1. The van der Waals surface area contributed by atoms with Crippen LogP contribution in [0.15, 0.2) is 4.99 Å². The molecule has 0 bridgehead atoms. The first-order valence-electron chi connectivity index (χ1n) is 4.57. The second kappa shape index (κ2) is 4.74. The van der Waals surface area contributed by atoms with Gasteiger partial charge in [-0.25, -0.2) is 4.79 Å². The molecule has 1 atom stereocenters. The van der Waals surface area contributed by atoms with E-state index in [-0.39, 0.29) is 12.4 Å². The van der Waals surface area contributed by atoms with Crippen molar-refractivity contribution in [3.8, 4) is 0 Å². The first-order chi connectivity index (χ1) is 6.63. The number of aliphatic carboxylic acids is 1. The average Bonchev–Trinajstić information content (AvgIpc) is 2.53. The van der Waals surface area contributed by atoms with Crippen molar-refractivity contribution in [2.45, 2.75) is 32.2 Å². The molecule has 0 aromatic carbocycles. The molecule has 0 fully saturated rings. The van der Waals surface area contributed by atoms with Crippen LogP contribution in [0.25, 0.3) is 0 Å². The van der Waals surface area contributed by atoms with Crippen LogP contribution in [0.5, 0.6) is 0 Å². The van der Waals surface area contributed by atoms with Crippen molar-refractivity contribution in [3.05, 3.63) is 0 Å². The molecular weight excluding hydrogens is 186 g/mol. The summed E-state index contributed by atoms with van der Waals surface area (Å²) in [5.41, 5.74) is 0.635. The van der Waals surface area contributed by atoms with E-state index in [1.807, 2.05) is 0 Å². The van der Waals surface area contributed by atoms with Gasteiger partial charge in [-0.15, -0.1) is 0 Å². The lowest BCUT2D eigenvalue weighted by Crippen LogP contribution is -2.14. The first-order valence-corrected chi connectivity index (χ1v) is 4.57. The van der Waals surface area contributed by atoms with Crippen molar-refractivity contribution >= 4 is 17.7 Å². The van der Waals surface area contributed by atoms with E-state index in [0.29, 0.717) is 25.2 Å². The molecule has 1 aliphatic heterocycles. The summed E-state index contributed by atoms with van der Waals surface area (Å²) in [5.74, 6) is -1.26. The van der Waals surface area contributed by atoms with Gasteiger partial charge in [0.1, 0.15) is 6.04 Å². The molecule has 0 amide bonds. The number of carbonyl (C=O) groups excluding carboxylic acids is 1. The maximum atomic E-state index is 11.0. The van der Waals surface area contributed by atoms with Crippen LogP contribution in [0.4, 0.5) is 0 Å². The number of nitrogens with zero attached hydrogens (tertiary/aromatic N) is 1. The highest BCUT2D eigenvalue weighted by Crippen LogP contribution is 2.15. The monoisotopic (exact) mass is 199 g/mol. The fraction of sp³-hybridized carbons (Fsp3) is 0.667. The summed E-state index contributed by atoms with van der Waals surface area (Å²) >= 11 is 0. The Bertz CT molecular complexity index is 272. The minimum Gasteiger partial charge on any atom is -0.480 e. The molecule has 0 unspecified atom stereocenters. The predicted octanol–water partition coefficient (Wildman–Crippen LogP) is 0.628. The minimum atomic E-state index is -0.927. The summed E-state index contributed by atoms with van der Waals surface area (Å²) in [6, 6.07) is -0.667. The molecule has 1 heterocycles. The van der Waals surface area contributed by atoms with Gasteiger partial charge in [-0.05, 0) is 19.8 Å². The highest BCUT2D eigenvalue weighted by atomic mass is 16.5. The number of carbonyl (C=O) groups is 2. The van der Waals surface area contributed by atoms with E-state index < -0.39 is 12.0 Å². The fourth-order valence-corrected chi connectivity index (χ4v) is 1.34. The summed E-state index contributed by atoms with van der Waals surface area (Å²) in [6.45, 7) is 2.07. The van der Waals surface area contributed by atoms with Gasteiger partial charge in [0.25, 0.3) is 0 Å². The molecule has 1 rings (SSSR count). The number of hydrogen-bond donors (Lipinski definition) is 1. The lowest BCUT2D eigenvalue weighted by Gasteiger charge is -2.00. The zero-order chi connectivity index (χ0) is 10.6. The van der Waals surface area contributed by atoms with Crippen LogP contribution >= 0.6 is 0 Å². The number of carboxylic acid groups (broad SMARTS) is 1. The van der Waals surface area contributed by atoms with Crippen molar-refractivity contribution in [2.24, 2.45) is 4.99 Å². The zero-order valence-electron chi connectivity index (χ0n) is 8.02. The van der Waals surface area contributed by atoms with Gasteiger partial charge in [0.05, 0.1) is 13.0 Å². The second-order valence-electron chi connectivity index (χ2n) is 3.07. The van der Waals surface area contributed by atoms with E-state index in [1.54, 1.807) is 6.92 Å². The molecule has 5 heteroatoms. The summed E-state index contributed by atoms with van der Waals surface area (Å²) in [6.07, 6.45) is 1.19. The quantitative estimate of drug-likeness (QED) is 0.673. The maximum absolute atomic E-state index is 11.0. The van der Waals surface area contributed by atoms with E-state index >= 15 is 0 Å². The van der Waals surface area contributed by atoms with E-state index in [0.717, 1.165) is 0 Å². The largest absolute Gasteiger partial charge is 0.480 e. The molecule has 0 saturated carbocycles. The lowest BCUT2D eigenvalue weighted by molar-refractivity contribution is -0.141. The third kappa shape index (κ3) is 2.83. The first kappa shape index (κ1) is 10.7. The normalized spacial score (nSPS) is 20.4. The third-order valence-corrected chi connectivity index (χ3v) is 1.98. The zero-order valence-corrected chi connectivity index (χ0v) is 8.02. The Hall–Kier alpha value is -1.39. The maximum Gasteiger partial charge on any atom is 0.328 e. The highest BCUT2D eigenvalue weighted by molar-refractivity contribution is 6.01. The number of rotatable bonds is 4. The predicted molar refractivity (Wildman–Crippen MR) is 49.3 cm³/mol. The highest BCUT2D eigenvalue weighted by Gasteiger charge is 2.24. The molecule has 0 aromatic rings. The summed E-state index contributed by atoms with van der Waals surface area (Å²) in [7, 11) is 0. The van der Waals surface area contributed by atoms with E-state index in [2.05, 4.69) is 4.99 Å². The van der Waals surface area contributed by atoms with Gasteiger partial charge in [-0.3, -0.25) is 9.79 Å². The van der Waals surface area contributed by atoms with Gasteiger partial charge in [0, 0.05) is 5.71 Å². The Morgan fingerprint density at radius 3 is 2.86 bits per heavy atom. The van der Waals surface area contributed by atoms with Gasteiger partial charge < -0.3 is 9.84 Å². The van der Waals surface area contributed by atoms with Crippen LogP contribution in [0.3, 0.4) is 0 Å². The Kier molecular flexibility index (Phi) is 3.62. The van der Waals surface area contributed by atoms with Gasteiger partial charge in [-0.1, -0.05) is 0 Å². The van der Waals surface area contributed by atoms with Crippen molar-refractivity contribution in [2.75, 3.05) is 6.61 Å². The van der Waals surface area contributed by atoms with Gasteiger partial charge >= 0.3 is 11.9 Å². The van der Waals surface area contributed by atoms with E-state index in [4.69, 9.17) is 9.84 Å². The van der Waals surface area contributed by atoms with Gasteiger partial charge in [-0.2, -0.15) is 0 Å². The van der Waals surface area contributed by atoms with Crippen LogP contribution in [-0.4, -0.2) is 35.4 Å². The molecule has 0 radical (unpaired) electrons. The second-order valence-corrected chi connectivity index (χ2v) is 3.07. The van der Waals surface area contributed by atoms with Crippen molar-refractivity contribution < 1.29 is 19.4 Å². The SMILES string of the molecule is CCOC(=O)CC1=N[C@H](C(=O)O)CC1.